The molecule has 1 amide bonds. The fourth-order valence-corrected chi connectivity index (χ4v) is 2.77. The van der Waals surface area contributed by atoms with Crippen molar-refractivity contribution in [3.63, 3.8) is 0 Å². The van der Waals surface area contributed by atoms with E-state index in [1.807, 2.05) is 20.8 Å². The summed E-state index contributed by atoms with van der Waals surface area (Å²) in [5.74, 6) is 0.756. The Morgan fingerprint density at radius 2 is 2.05 bits per heavy atom. The van der Waals surface area contributed by atoms with Crippen LogP contribution in [-0.4, -0.2) is 52.7 Å². The monoisotopic (exact) mass is 390 g/mol. The molecule has 8 heteroatoms. The van der Waals surface area contributed by atoms with E-state index in [9.17, 15) is 4.79 Å². The molecular weight excluding hydrogens is 372 g/mol. The smallest absolute Gasteiger partial charge is 0.410 e. The summed E-state index contributed by atoms with van der Waals surface area (Å²) in [4.78, 5) is 24.2. The largest absolute Gasteiger partial charge is 0.444 e. The van der Waals surface area contributed by atoms with Gasteiger partial charge < -0.3 is 14.5 Å². The molecule has 2 heterocycles. The molecule has 1 aromatic heterocycles. The van der Waals surface area contributed by atoms with E-state index in [-0.39, 0.29) is 11.4 Å². The maximum Gasteiger partial charge on any atom is 0.410 e. The van der Waals surface area contributed by atoms with Gasteiger partial charge in [0.1, 0.15) is 11.4 Å². The molecule has 0 saturated carbocycles. The van der Waals surface area contributed by atoms with Crippen LogP contribution in [0.5, 0.6) is 0 Å². The highest BCUT2D eigenvalue weighted by atomic mass is 79.9. The number of hydrogen-bond donors (Lipinski definition) is 0. The van der Waals surface area contributed by atoms with Crippen LogP contribution in [0.15, 0.2) is 10.7 Å². The van der Waals surface area contributed by atoms with Gasteiger partial charge in [0.2, 0.25) is 5.28 Å². The van der Waals surface area contributed by atoms with Crippen LogP contribution in [-0.2, 0) is 4.74 Å². The van der Waals surface area contributed by atoms with Gasteiger partial charge in [0.25, 0.3) is 0 Å². The Morgan fingerprint density at radius 1 is 1.32 bits per heavy atom. The number of halogens is 2. The molecule has 122 valence electrons. The maximum absolute atomic E-state index is 12.2. The second-order valence-electron chi connectivity index (χ2n) is 6.12. The molecule has 1 saturated heterocycles. The fraction of sp³-hybridized carbons (Fsp3) is 0.643. The first-order valence-electron chi connectivity index (χ1n) is 7.17. The second kappa shape index (κ2) is 7.00. The number of aromatic nitrogens is 2. The summed E-state index contributed by atoms with van der Waals surface area (Å²) in [7, 11) is 0. The van der Waals surface area contributed by atoms with Crippen LogP contribution in [0.1, 0.15) is 27.2 Å². The Balaban J connectivity index is 2.03. The predicted octanol–water partition coefficient (Wildman–Crippen LogP) is 3.34. The molecule has 1 aliphatic heterocycles. The normalized spacial score (nSPS) is 16.4. The first-order valence-corrected chi connectivity index (χ1v) is 8.34. The molecule has 0 unspecified atom stereocenters. The first-order chi connectivity index (χ1) is 10.3. The molecule has 0 aromatic carbocycles. The second-order valence-corrected chi connectivity index (χ2v) is 7.31. The van der Waals surface area contributed by atoms with Gasteiger partial charge in [0.05, 0.1) is 4.47 Å². The topological polar surface area (TPSA) is 58.6 Å². The standard InChI is InChI=1S/C14H20BrClN4O2/c1-14(2,3)22-13(21)20-6-4-5-19(7-8-20)11-10(15)9-17-12(16)18-11/h9H,4-8H2,1-3H3. The minimum absolute atomic E-state index is 0.214. The van der Waals surface area contributed by atoms with E-state index in [1.165, 1.54) is 0 Å². The van der Waals surface area contributed by atoms with Crippen molar-refractivity contribution in [1.29, 1.82) is 0 Å². The molecule has 2 rings (SSSR count). The minimum Gasteiger partial charge on any atom is -0.444 e. The van der Waals surface area contributed by atoms with Crippen molar-refractivity contribution in [2.45, 2.75) is 32.8 Å². The van der Waals surface area contributed by atoms with E-state index < -0.39 is 5.60 Å². The number of amides is 1. The van der Waals surface area contributed by atoms with Crippen LogP contribution in [0.2, 0.25) is 5.28 Å². The van der Waals surface area contributed by atoms with Gasteiger partial charge in [0, 0.05) is 32.4 Å². The summed E-state index contributed by atoms with van der Waals surface area (Å²) < 4.78 is 6.22. The van der Waals surface area contributed by atoms with Crippen molar-refractivity contribution in [2.24, 2.45) is 0 Å². The average Bonchev–Trinajstić information content (AvgIpc) is 2.65. The molecule has 0 bridgehead atoms. The number of carbonyl (C=O) groups is 1. The van der Waals surface area contributed by atoms with Gasteiger partial charge in [-0.3, -0.25) is 0 Å². The van der Waals surface area contributed by atoms with Gasteiger partial charge in [-0.1, -0.05) is 0 Å². The average molecular weight is 392 g/mol. The highest BCUT2D eigenvalue weighted by Gasteiger charge is 2.25. The lowest BCUT2D eigenvalue weighted by Crippen LogP contribution is -2.39. The van der Waals surface area contributed by atoms with Crippen LogP contribution < -0.4 is 4.90 Å². The Labute approximate surface area is 143 Å². The van der Waals surface area contributed by atoms with Crippen molar-refractivity contribution < 1.29 is 9.53 Å². The lowest BCUT2D eigenvalue weighted by Gasteiger charge is -2.26. The SMILES string of the molecule is CC(C)(C)OC(=O)N1CCCN(c2nc(Cl)ncc2Br)CC1. The lowest BCUT2D eigenvalue weighted by molar-refractivity contribution is 0.0263. The summed E-state index contributed by atoms with van der Waals surface area (Å²) in [6.45, 7) is 8.33. The molecule has 1 aromatic rings. The van der Waals surface area contributed by atoms with Gasteiger partial charge in [-0.05, 0) is 54.7 Å². The first kappa shape index (κ1) is 17.3. The molecule has 1 fully saturated rings. The number of carbonyl (C=O) groups excluding carboxylic acids is 1. The van der Waals surface area contributed by atoms with Crippen LogP contribution in [0.3, 0.4) is 0 Å². The third kappa shape index (κ3) is 4.71. The third-order valence-electron chi connectivity index (χ3n) is 3.14. The van der Waals surface area contributed by atoms with E-state index in [0.29, 0.717) is 19.6 Å². The number of hydrogen-bond acceptors (Lipinski definition) is 5. The van der Waals surface area contributed by atoms with E-state index >= 15 is 0 Å². The molecule has 22 heavy (non-hydrogen) atoms. The highest BCUT2D eigenvalue weighted by Crippen LogP contribution is 2.25. The zero-order valence-electron chi connectivity index (χ0n) is 13.0. The van der Waals surface area contributed by atoms with Gasteiger partial charge in [0.15, 0.2) is 0 Å². The molecule has 0 radical (unpaired) electrons. The lowest BCUT2D eigenvalue weighted by atomic mass is 10.2. The van der Waals surface area contributed by atoms with Crippen LogP contribution in [0, 0.1) is 0 Å². The number of nitrogens with zero attached hydrogens (tertiary/aromatic N) is 4. The van der Waals surface area contributed by atoms with Crippen molar-refractivity contribution in [3.8, 4) is 0 Å². The molecular formula is C14H20BrClN4O2. The molecule has 0 spiro atoms. The Kier molecular flexibility index (Phi) is 5.50. The van der Waals surface area contributed by atoms with E-state index in [4.69, 9.17) is 16.3 Å². The Morgan fingerprint density at radius 3 is 2.73 bits per heavy atom. The predicted molar refractivity (Wildman–Crippen MR) is 89.4 cm³/mol. The Bertz CT molecular complexity index is 550. The number of anilines is 1. The molecule has 0 aliphatic carbocycles. The van der Waals surface area contributed by atoms with Crippen molar-refractivity contribution >= 4 is 39.4 Å². The third-order valence-corrected chi connectivity index (χ3v) is 3.88. The van der Waals surface area contributed by atoms with Crippen molar-refractivity contribution in [3.05, 3.63) is 16.0 Å². The molecule has 1 aliphatic rings. The number of rotatable bonds is 1. The Hall–Kier alpha value is -1.08. The summed E-state index contributed by atoms with van der Waals surface area (Å²) in [6.07, 6.45) is 2.21. The van der Waals surface area contributed by atoms with Crippen LogP contribution >= 0.6 is 27.5 Å². The van der Waals surface area contributed by atoms with Crippen molar-refractivity contribution in [2.75, 3.05) is 31.1 Å². The van der Waals surface area contributed by atoms with Gasteiger partial charge >= 0.3 is 6.09 Å². The van der Waals surface area contributed by atoms with Crippen LogP contribution in [0.25, 0.3) is 0 Å². The quantitative estimate of drug-likeness (QED) is 0.687. The molecule has 0 atom stereocenters. The summed E-state index contributed by atoms with van der Waals surface area (Å²) in [6, 6.07) is 0. The zero-order valence-corrected chi connectivity index (χ0v) is 15.3. The van der Waals surface area contributed by atoms with Gasteiger partial charge in [-0.2, -0.15) is 4.98 Å². The fourth-order valence-electron chi connectivity index (χ4n) is 2.20. The van der Waals surface area contributed by atoms with Crippen molar-refractivity contribution in [1.82, 2.24) is 14.9 Å². The van der Waals surface area contributed by atoms with E-state index in [1.54, 1.807) is 11.1 Å². The molecule has 0 N–H and O–H groups in total. The summed E-state index contributed by atoms with van der Waals surface area (Å²) in [5, 5.41) is 0.214. The van der Waals surface area contributed by atoms with E-state index in [2.05, 4.69) is 30.8 Å². The maximum atomic E-state index is 12.2. The van der Waals surface area contributed by atoms with E-state index in [0.717, 1.165) is 23.3 Å². The summed E-state index contributed by atoms with van der Waals surface area (Å²) >= 11 is 9.32. The highest BCUT2D eigenvalue weighted by molar-refractivity contribution is 9.10. The zero-order chi connectivity index (χ0) is 16.3. The minimum atomic E-state index is -0.480. The van der Waals surface area contributed by atoms with Crippen LogP contribution in [0.4, 0.5) is 10.6 Å². The van der Waals surface area contributed by atoms with Gasteiger partial charge in [-0.25, -0.2) is 9.78 Å². The van der Waals surface area contributed by atoms with Gasteiger partial charge in [-0.15, -0.1) is 0 Å². The number of ether oxygens (including phenoxy) is 1. The summed E-state index contributed by atoms with van der Waals surface area (Å²) in [5.41, 5.74) is -0.480. The molecule has 6 nitrogen and oxygen atoms in total.